The van der Waals surface area contributed by atoms with Crippen LogP contribution in [0, 0.1) is 5.92 Å². The normalized spacial score (nSPS) is 14.6. The van der Waals surface area contributed by atoms with Crippen LogP contribution in [0.2, 0.25) is 0 Å². The summed E-state index contributed by atoms with van der Waals surface area (Å²) in [5.41, 5.74) is 9.05. The molecule has 1 N–H and O–H groups in total. The average molecular weight is 433 g/mol. The van der Waals surface area contributed by atoms with E-state index in [1.807, 2.05) is 6.20 Å². The van der Waals surface area contributed by atoms with Crippen LogP contribution in [0.25, 0.3) is 38.7 Å². The molecule has 4 aromatic rings. The van der Waals surface area contributed by atoms with Gasteiger partial charge in [0.05, 0.1) is 11.9 Å². The topological polar surface area (TPSA) is 28.7 Å². The molecule has 0 amide bonds. The van der Waals surface area contributed by atoms with Gasteiger partial charge in [-0.2, -0.15) is 0 Å². The molecule has 0 saturated carbocycles. The van der Waals surface area contributed by atoms with E-state index in [9.17, 15) is 0 Å². The Balaban J connectivity index is 1.37. The van der Waals surface area contributed by atoms with Gasteiger partial charge in [-0.25, -0.2) is 4.98 Å². The van der Waals surface area contributed by atoms with Crippen molar-refractivity contribution in [3.63, 3.8) is 0 Å². The Hall–Kier alpha value is -3.39. The third-order valence-corrected chi connectivity index (χ3v) is 7.16. The fraction of sp³-hybridized carbons (Fsp3) is 0.258. The molecule has 5 rings (SSSR count). The van der Waals surface area contributed by atoms with Crippen LogP contribution in [0.3, 0.4) is 0 Å². The van der Waals surface area contributed by atoms with Crippen LogP contribution in [0.15, 0.2) is 84.6 Å². The number of benzene rings is 3. The fourth-order valence-electron chi connectivity index (χ4n) is 4.52. The predicted molar refractivity (Wildman–Crippen MR) is 141 cm³/mol. The van der Waals surface area contributed by atoms with Gasteiger partial charge in [0.1, 0.15) is 5.82 Å². The maximum Gasteiger partial charge on any atom is 0.109 e. The van der Waals surface area contributed by atoms with E-state index in [2.05, 4.69) is 110 Å². The van der Waals surface area contributed by atoms with Crippen molar-refractivity contribution in [3.05, 3.63) is 96.0 Å². The number of aromatic nitrogens is 2. The van der Waals surface area contributed by atoms with E-state index in [0.717, 1.165) is 24.4 Å². The van der Waals surface area contributed by atoms with Crippen LogP contribution in [-0.4, -0.2) is 9.97 Å². The molecule has 1 aliphatic rings. The second kappa shape index (κ2) is 8.86. The summed E-state index contributed by atoms with van der Waals surface area (Å²) >= 11 is 0. The van der Waals surface area contributed by atoms with Crippen molar-refractivity contribution >= 4 is 16.3 Å². The third-order valence-electron chi connectivity index (χ3n) is 7.16. The Kier molecular flexibility index (Phi) is 5.76. The molecular formula is C31H32N2. The number of hydrogen-bond donors (Lipinski definition) is 1. The Labute approximate surface area is 197 Å². The highest BCUT2D eigenvalue weighted by Gasteiger charge is 2.14. The van der Waals surface area contributed by atoms with Crippen LogP contribution < -0.4 is 0 Å². The quantitative estimate of drug-likeness (QED) is 0.324. The molecule has 0 bridgehead atoms. The molecule has 2 heteroatoms. The Morgan fingerprint density at radius 1 is 0.788 bits per heavy atom. The van der Waals surface area contributed by atoms with E-state index in [0.29, 0.717) is 11.8 Å². The first kappa shape index (κ1) is 21.5. The van der Waals surface area contributed by atoms with Gasteiger partial charge in [0, 0.05) is 11.5 Å². The number of allylic oxidation sites excluding steroid dienone is 4. The number of rotatable bonds is 6. The zero-order valence-electron chi connectivity index (χ0n) is 20.0. The lowest BCUT2D eigenvalue weighted by Crippen LogP contribution is -2.03. The molecule has 3 aromatic carbocycles. The third kappa shape index (κ3) is 4.30. The van der Waals surface area contributed by atoms with Crippen LogP contribution in [0.5, 0.6) is 0 Å². The molecule has 1 unspecified atom stereocenters. The van der Waals surface area contributed by atoms with Crippen LogP contribution in [0.4, 0.5) is 0 Å². The summed E-state index contributed by atoms with van der Waals surface area (Å²) in [6.07, 6.45) is 8.73. The second-order valence-corrected chi connectivity index (χ2v) is 9.62. The molecule has 1 aromatic heterocycles. The Bertz CT molecular complexity index is 1350. The number of hydrogen-bond acceptors (Lipinski definition) is 1. The van der Waals surface area contributed by atoms with Crippen molar-refractivity contribution in [2.75, 3.05) is 0 Å². The van der Waals surface area contributed by atoms with E-state index >= 15 is 0 Å². The molecule has 0 spiro atoms. The number of fused-ring (bicyclic) bond motifs is 1. The molecule has 1 atom stereocenters. The first-order valence-electron chi connectivity index (χ1n) is 12.1. The molecular weight excluding hydrogens is 400 g/mol. The standard InChI is InChI=1S/C31H32N2/c1-5-22-6-7-25(16-22)23-8-10-24(11-9-23)26-12-13-28-18-29(15-14-27(28)17-26)30-19-32-31(33-30)21(4)20(2)3/h6-15,17-21H,5,16H2,1-4H3,(H,32,33). The molecule has 1 heterocycles. The molecule has 0 fully saturated rings. The zero-order valence-corrected chi connectivity index (χ0v) is 20.0. The SMILES string of the molecule is CCC1=CC=C(c2ccc(-c3ccc4cc(-c5cnc(C(C)C(C)C)[nH]5)ccc4c3)cc2)C1. The summed E-state index contributed by atoms with van der Waals surface area (Å²) < 4.78 is 0. The van der Waals surface area contributed by atoms with Gasteiger partial charge in [0.15, 0.2) is 0 Å². The van der Waals surface area contributed by atoms with Crippen molar-refractivity contribution in [1.29, 1.82) is 0 Å². The second-order valence-electron chi connectivity index (χ2n) is 9.62. The number of nitrogens with zero attached hydrogens (tertiary/aromatic N) is 1. The molecule has 1 aliphatic carbocycles. The van der Waals surface area contributed by atoms with Crippen molar-refractivity contribution in [1.82, 2.24) is 9.97 Å². The Morgan fingerprint density at radius 2 is 1.42 bits per heavy atom. The highest BCUT2D eigenvalue weighted by molar-refractivity contribution is 5.90. The smallest absolute Gasteiger partial charge is 0.109 e. The van der Waals surface area contributed by atoms with E-state index in [4.69, 9.17) is 0 Å². The van der Waals surface area contributed by atoms with Crippen molar-refractivity contribution in [2.24, 2.45) is 5.92 Å². The van der Waals surface area contributed by atoms with Crippen molar-refractivity contribution < 1.29 is 0 Å². The molecule has 166 valence electrons. The minimum Gasteiger partial charge on any atom is -0.342 e. The van der Waals surface area contributed by atoms with E-state index < -0.39 is 0 Å². The minimum atomic E-state index is 0.420. The van der Waals surface area contributed by atoms with E-state index in [1.54, 1.807) is 0 Å². The molecule has 0 aliphatic heterocycles. The maximum absolute atomic E-state index is 4.63. The van der Waals surface area contributed by atoms with Gasteiger partial charge >= 0.3 is 0 Å². The van der Waals surface area contributed by atoms with Crippen LogP contribution >= 0.6 is 0 Å². The van der Waals surface area contributed by atoms with Crippen molar-refractivity contribution in [3.8, 4) is 22.4 Å². The summed E-state index contributed by atoms with van der Waals surface area (Å²) in [6, 6.07) is 22.4. The van der Waals surface area contributed by atoms with Crippen LogP contribution in [0.1, 0.15) is 57.8 Å². The minimum absolute atomic E-state index is 0.420. The number of imidazole rings is 1. The largest absolute Gasteiger partial charge is 0.342 e. The zero-order chi connectivity index (χ0) is 22.9. The maximum atomic E-state index is 4.63. The monoisotopic (exact) mass is 432 g/mol. The molecule has 33 heavy (non-hydrogen) atoms. The number of nitrogens with one attached hydrogen (secondary N) is 1. The highest BCUT2D eigenvalue weighted by Crippen LogP contribution is 2.32. The first-order chi connectivity index (χ1) is 16.0. The molecule has 0 radical (unpaired) electrons. The summed E-state index contributed by atoms with van der Waals surface area (Å²) in [6.45, 7) is 8.93. The Morgan fingerprint density at radius 3 is 2.09 bits per heavy atom. The van der Waals surface area contributed by atoms with Gasteiger partial charge in [-0.3, -0.25) is 0 Å². The summed E-state index contributed by atoms with van der Waals surface area (Å²) in [7, 11) is 0. The lowest BCUT2D eigenvalue weighted by atomic mass is 9.96. The van der Waals surface area contributed by atoms with Gasteiger partial charge in [-0.05, 0) is 63.9 Å². The highest BCUT2D eigenvalue weighted by atomic mass is 14.9. The molecule has 2 nitrogen and oxygen atoms in total. The van der Waals surface area contributed by atoms with Gasteiger partial charge in [-0.15, -0.1) is 0 Å². The van der Waals surface area contributed by atoms with Gasteiger partial charge in [0.25, 0.3) is 0 Å². The molecule has 0 saturated heterocycles. The van der Waals surface area contributed by atoms with Crippen LogP contribution in [-0.2, 0) is 0 Å². The van der Waals surface area contributed by atoms with Gasteiger partial charge in [-0.1, -0.05) is 94.0 Å². The number of H-pyrrole nitrogens is 1. The van der Waals surface area contributed by atoms with Gasteiger partial charge in [0.2, 0.25) is 0 Å². The van der Waals surface area contributed by atoms with E-state index in [-0.39, 0.29) is 0 Å². The first-order valence-corrected chi connectivity index (χ1v) is 12.1. The summed E-state index contributed by atoms with van der Waals surface area (Å²) in [4.78, 5) is 8.16. The summed E-state index contributed by atoms with van der Waals surface area (Å²) in [5.74, 6) is 2.05. The van der Waals surface area contributed by atoms with Crippen molar-refractivity contribution in [2.45, 2.75) is 46.5 Å². The van der Waals surface area contributed by atoms with E-state index in [1.165, 1.54) is 44.2 Å². The van der Waals surface area contributed by atoms with Gasteiger partial charge < -0.3 is 4.98 Å². The average Bonchev–Trinajstić information content (AvgIpc) is 3.53. The summed E-state index contributed by atoms with van der Waals surface area (Å²) in [5, 5.41) is 2.50. The fourth-order valence-corrected chi connectivity index (χ4v) is 4.52. The lowest BCUT2D eigenvalue weighted by molar-refractivity contribution is 0.514. The predicted octanol–water partition coefficient (Wildman–Crippen LogP) is 8.78. The number of aromatic amines is 1. The lowest BCUT2D eigenvalue weighted by Gasteiger charge is -2.12.